The monoisotopic (exact) mass is 247 g/mol. The number of nitrogens with two attached hydrogens (primary N) is 1. The van der Waals surface area contributed by atoms with Gasteiger partial charge in [0.2, 0.25) is 0 Å². The molecule has 1 aliphatic heterocycles. The fourth-order valence-electron chi connectivity index (χ4n) is 2.60. The number of aromatic nitrogens is 1. The number of hydrogen-bond donors (Lipinski definition) is 1. The van der Waals surface area contributed by atoms with Crippen molar-refractivity contribution in [2.45, 2.75) is 33.6 Å². The number of likely N-dealkylation sites (tertiary alicyclic amines) is 1. The molecule has 2 N–H and O–H groups in total. The molecule has 2 rings (SSSR count). The van der Waals surface area contributed by atoms with Crippen LogP contribution < -0.4 is 5.73 Å². The smallest absolute Gasteiger partial charge is 0.0501 e. The molecule has 1 unspecified atom stereocenters. The van der Waals surface area contributed by atoms with E-state index in [9.17, 15) is 0 Å². The van der Waals surface area contributed by atoms with E-state index in [1.165, 1.54) is 19.5 Å². The molecule has 0 radical (unpaired) electrons. The van der Waals surface area contributed by atoms with Crippen molar-refractivity contribution < 1.29 is 0 Å². The Morgan fingerprint density at radius 2 is 2.17 bits per heavy atom. The Labute approximate surface area is 110 Å². The van der Waals surface area contributed by atoms with Crippen LogP contribution in [-0.2, 0) is 6.42 Å². The maximum absolute atomic E-state index is 5.64. The normalized spacial score (nSPS) is 21.4. The summed E-state index contributed by atoms with van der Waals surface area (Å²) in [6, 6.07) is 3.97. The van der Waals surface area contributed by atoms with E-state index in [2.05, 4.69) is 30.7 Å². The van der Waals surface area contributed by atoms with Gasteiger partial charge >= 0.3 is 0 Å². The van der Waals surface area contributed by atoms with Crippen molar-refractivity contribution in [3.05, 3.63) is 24.0 Å². The minimum atomic E-state index is 0.439. The van der Waals surface area contributed by atoms with Gasteiger partial charge in [-0.3, -0.25) is 4.98 Å². The molecule has 1 fully saturated rings. The highest BCUT2D eigenvalue weighted by Crippen LogP contribution is 2.33. The number of nitrogens with zero attached hydrogens (tertiary/aromatic N) is 2. The lowest BCUT2D eigenvalue weighted by atomic mass is 9.80. The molecule has 3 nitrogen and oxygen atoms in total. The molecule has 0 amide bonds. The zero-order valence-electron chi connectivity index (χ0n) is 11.8. The van der Waals surface area contributed by atoms with Crippen molar-refractivity contribution in [1.82, 2.24) is 9.88 Å². The van der Waals surface area contributed by atoms with Crippen molar-refractivity contribution in [2.75, 3.05) is 25.4 Å². The predicted octanol–water partition coefficient (Wildman–Crippen LogP) is 2.57. The molecule has 0 aromatic carbocycles. The van der Waals surface area contributed by atoms with Crippen LogP contribution in [0.4, 0.5) is 5.69 Å². The predicted molar refractivity (Wildman–Crippen MR) is 76.4 cm³/mol. The number of pyridine rings is 1. The van der Waals surface area contributed by atoms with E-state index in [1.54, 1.807) is 6.20 Å². The first kappa shape index (κ1) is 13.3. The quantitative estimate of drug-likeness (QED) is 0.892. The molecule has 0 aliphatic carbocycles. The van der Waals surface area contributed by atoms with Gasteiger partial charge in [-0.05, 0) is 36.4 Å². The fourth-order valence-corrected chi connectivity index (χ4v) is 2.60. The molecule has 3 heteroatoms. The molecule has 1 aromatic rings. The van der Waals surface area contributed by atoms with Gasteiger partial charge in [0.15, 0.2) is 0 Å². The standard InChI is InChI=1S/C15H25N3/c1-15(2,3)12-6-8-18(11-12)9-7-14-5-4-13(16)10-17-14/h4-5,10,12H,6-9,11,16H2,1-3H3. The van der Waals surface area contributed by atoms with Gasteiger partial charge in [-0.25, -0.2) is 0 Å². The lowest BCUT2D eigenvalue weighted by Crippen LogP contribution is -2.27. The topological polar surface area (TPSA) is 42.1 Å². The fraction of sp³-hybridized carbons (Fsp3) is 0.667. The summed E-state index contributed by atoms with van der Waals surface area (Å²) < 4.78 is 0. The second kappa shape index (κ2) is 5.27. The van der Waals surface area contributed by atoms with Gasteiger partial charge in [0.1, 0.15) is 0 Å². The van der Waals surface area contributed by atoms with Crippen LogP contribution in [0.1, 0.15) is 32.9 Å². The molecular weight excluding hydrogens is 222 g/mol. The Balaban J connectivity index is 1.80. The van der Waals surface area contributed by atoms with E-state index in [0.717, 1.165) is 30.3 Å². The van der Waals surface area contributed by atoms with Crippen LogP contribution in [-0.4, -0.2) is 29.5 Å². The average molecular weight is 247 g/mol. The minimum absolute atomic E-state index is 0.439. The summed E-state index contributed by atoms with van der Waals surface area (Å²) in [5.74, 6) is 0.830. The average Bonchev–Trinajstić information content (AvgIpc) is 2.77. The van der Waals surface area contributed by atoms with Crippen LogP contribution in [0.5, 0.6) is 0 Å². The van der Waals surface area contributed by atoms with Crippen LogP contribution in [0.15, 0.2) is 18.3 Å². The lowest BCUT2D eigenvalue weighted by Gasteiger charge is -2.27. The Kier molecular flexibility index (Phi) is 3.91. The summed E-state index contributed by atoms with van der Waals surface area (Å²) >= 11 is 0. The van der Waals surface area contributed by atoms with E-state index < -0.39 is 0 Å². The van der Waals surface area contributed by atoms with Gasteiger partial charge in [-0.1, -0.05) is 20.8 Å². The Hall–Kier alpha value is -1.09. The van der Waals surface area contributed by atoms with Gasteiger partial charge in [-0.15, -0.1) is 0 Å². The summed E-state index contributed by atoms with van der Waals surface area (Å²) in [5.41, 5.74) is 7.96. The molecule has 1 atom stereocenters. The molecule has 18 heavy (non-hydrogen) atoms. The summed E-state index contributed by atoms with van der Waals surface area (Å²) in [6.45, 7) is 10.6. The SMILES string of the molecule is CC(C)(C)C1CCN(CCc2ccc(N)cn2)C1. The largest absolute Gasteiger partial charge is 0.397 e. The molecule has 1 aliphatic rings. The van der Waals surface area contributed by atoms with Crippen molar-refractivity contribution >= 4 is 5.69 Å². The maximum Gasteiger partial charge on any atom is 0.0501 e. The number of hydrogen-bond acceptors (Lipinski definition) is 3. The highest BCUT2D eigenvalue weighted by atomic mass is 15.1. The summed E-state index contributed by atoms with van der Waals surface area (Å²) in [5, 5.41) is 0. The summed E-state index contributed by atoms with van der Waals surface area (Å²) in [4.78, 5) is 6.92. The van der Waals surface area contributed by atoms with E-state index in [0.29, 0.717) is 5.41 Å². The third-order valence-corrected chi connectivity index (χ3v) is 4.03. The highest BCUT2D eigenvalue weighted by Gasteiger charge is 2.31. The second-order valence-corrected chi connectivity index (χ2v) is 6.49. The van der Waals surface area contributed by atoms with E-state index in [-0.39, 0.29) is 0 Å². The zero-order chi connectivity index (χ0) is 13.2. The van der Waals surface area contributed by atoms with Crippen LogP contribution in [0.3, 0.4) is 0 Å². The van der Waals surface area contributed by atoms with Gasteiger partial charge in [0.05, 0.1) is 11.9 Å². The van der Waals surface area contributed by atoms with Gasteiger partial charge < -0.3 is 10.6 Å². The van der Waals surface area contributed by atoms with Gasteiger partial charge in [0, 0.05) is 25.2 Å². The van der Waals surface area contributed by atoms with Crippen LogP contribution in [0, 0.1) is 11.3 Å². The summed E-state index contributed by atoms with van der Waals surface area (Å²) in [6.07, 6.45) is 4.10. The highest BCUT2D eigenvalue weighted by molar-refractivity contribution is 5.34. The minimum Gasteiger partial charge on any atom is -0.397 e. The first-order valence-electron chi connectivity index (χ1n) is 6.88. The lowest BCUT2D eigenvalue weighted by molar-refractivity contribution is 0.230. The van der Waals surface area contributed by atoms with Crippen molar-refractivity contribution in [3.8, 4) is 0 Å². The molecule has 1 aromatic heterocycles. The number of nitrogen functional groups attached to an aromatic ring is 1. The van der Waals surface area contributed by atoms with Crippen LogP contribution in [0.2, 0.25) is 0 Å². The van der Waals surface area contributed by atoms with Crippen molar-refractivity contribution in [1.29, 1.82) is 0 Å². The first-order valence-corrected chi connectivity index (χ1v) is 6.88. The van der Waals surface area contributed by atoms with E-state index in [1.807, 2.05) is 12.1 Å². The van der Waals surface area contributed by atoms with E-state index >= 15 is 0 Å². The van der Waals surface area contributed by atoms with Crippen LogP contribution in [0.25, 0.3) is 0 Å². The van der Waals surface area contributed by atoms with Crippen LogP contribution >= 0.6 is 0 Å². The molecule has 1 saturated heterocycles. The van der Waals surface area contributed by atoms with Crippen molar-refractivity contribution in [2.24, 2.45) is 11.3 Å². The number of anilines is 1. The van der Waals surface area contributed by atoms with Crippen molar-refractivity contribution in [3.63, 3.8) is 0 Å². The Morgan fingerprint density at radius 1 is 1.39 bits per heavy atom. The summed E-state index contributed by atoms with van der Waals surface area (Å²) in [7, 11) is 0. The number of rotatable bonds is 3. The van der Waals surface area contributed by atoms with E-state index in [4.69, 9.17) is 5.73 Å². The third kappa shape index (κ3) is 3.45. The van der Waals surface area contributed by atoms with Gasteiger partial charge in [0.25, 0.3) is 0 Å². The first-order chi connectivity index (χ1) is 8.45. The van der Waals surface area contributed by atoms with Gasteiger partial charge in [-0.2, -0.15) is 0 Å². The zero-order valence-corrected chi connectivity index (χ0v) is 11.8. The molecule has 100 valence electrons. The molecule has 2 heterocycles. The molecular formula is C15H25N3. The Morgan fingerprint density at radius 3 is 2.72 bits per heavy atom. The maximum atomic E-state index is 5.64. The Bertz CT molecular complexity index is 378. The molecule has 0 spiro atoms. The second-order valence-electron chi connectivity index (χ2n) is 6.49. The third-order valence-electron chi connectivity index (χ3n) is 4.03. The molecule has 0 bridgehead atoms. The molecule has 0 saturated carbocycles.